The zero-order chi connectivity index (χ0) is 13.9. The maximum atomic E-state index is 11.2. The third-order valence-corrected chi connectivity index (χ3v) is 6.09. The van der Waals surface area contributed by atoms with E-state index in [2.05, 4.69) is 11.6 Å². The number of hydrogen-bond donors (Lipinski definition) is 2. The fraction of sp³-hybridized carbons (Fsp3) is 0.538. The molecule has 0 unspecified atom stereocenters. The van der Waals surface area contributed by atoms with E-state index in [1.165, 1.54) is 37.8 Å². The molecule has 1 fully saturated rings. The van der Waals surface area contributed by atoms with E-state index in [4.69, 9.17) is 5.14 Å². The average Bonchev–Trinajstić information content (AvgIpc) is 2.85. The van der Waals surface area contributed by atoms with Crippen LogP contribution in [0.1, 0.15) is 25.7 Å². The van der Waals surface area contributed by atoms with Crippen LogP contribution in [-0.2, 0) is 10.0 Å². The molecule has 1 saturated carbocycles. The minimum atomic E-state index is -3.60. The van der Waals surface area contributed by atoms with Gasteiger partial charge in [-0.15, -0.1) is 0 Å². The standard InChI is InChI=1S/C13H20N2O2S2/c1-18-13(8-2-3-9-13)10-15-11-4-6-12(7-5-11)19(14,16)17/h4-7,15H,2-3,8-10H2,1H3,(H2,14,16,17). The molecule has 0 heterocycles. The Bertz CT molecular complexity index is 520. The molecule has 2 rings (SSSR count). The first kappa shape index (κ1) is 14.7. The molecule has 0 amide bonds. The number of anilines is 1. The Balaban J connectivity index is 2.00. The topological polar surface area (TPSA) is 72.2 Å². The van der Waals surface area contributed by atoms with Gasteiger partial charge in [-0.2, -0.15) is 11.8 Å². The number of nitrogens with two attached hydrogens (primary N) is 1. The van der Waals surface area contributed by atoms with Crippen molar-refractivity contribution in [2.45, 2.75) is 35.3 Å². The first-order valence-corrected chi connectivity index (χ1v) is 9.14. The van der Waals surface area contributed by atoms with E-state index in [0.29, 0.717) is 4.75 Å². The molecule has 0 radical (unpaired) electrons. The quantitative estimate of drug-likeness (QED) is 0.876. The van der Waals surface area contributed by atoms with Crippen LogP contribution in [0.3, 0.4) is 0 Å². The minimum absolute atomic E-state index is 0.151. The summed E-state index contributed by atoms with van der Waals surface area (Å²) in [5.41, 5.74) is 0.938. The van der Waals surface area contributed by atoms with Crippen molar-refractivity contribution in [3.63, 3.8) is 0 Å². The molecule has 0 bridgehead atoms. The van der Waals surface area contributed by atoms with Crippen LogP contribution in [0, 0.1) is 0 Å². The van der Waals surface area contributed by atoms with Crippen LogP contribution in [0.4, 0.5) is 5.69 Å². The summed E-state index contributed by atoms with van der Waals surface area (Å²) in [6.07, 6.45) is 7.25. The zero-order valence-corrected chi connectivity index (χ0v) is 12.7. The van der Waals surface area contributed by atoms with E-state index in [0.717, 1.165) is 12.2 Å². The van der Waals surface area contributed by atoms with Gasteiger partial charge in [0, 0.05) is 17.0 Å². The molecule has 1 aromatic rings. The molecule has 106 valence electrons. The molecular weight excluding hydrogens is 280 g/mol. The number of hydrogen-bond acceptors (Lipinski definition) is 4. The number of rotatable bonds is 5. The first-order valence-electron chi connectivity index (χ1n) is 6.37. The predicted molar refractivity (Wildman–Crippen MR) is 81.0 cm³/mol. The van der Waals surface area contributed by atoms with Crippen LogP contribution < -0.4 is 10.5 Å². The Morgan fingerprint density at radius 1 is 1.26 bits per heavy atom. The average molecular weight is 300 g/mol. The highest BCUT2D eigenvalue weighted by atomic mass is 32.2. The Labute approximate surface area is 119 Å². The molecule has 0 aliphatic heterocycles. The SMILES string of the molecule is CSC1(CNc2ccc(S(N)(=O)=O)cc2)CCCC1. The number of thioether (sulfide) groups is 1. The normalized spacial score (nSPS) is 18.4. The van der Waals surface area contributed by atoms with Crippen LogP contribution in [0.2, 0.25) is 0 Å². The predicted octanol–water partition coefficient (Wildman–Crippen LogP) is 2.42. The molecule has 1 aromatic carbocycles. The Hall–Kier alpha value is -0.720. The highest BCUT2D eigenvalue weighted by Gasteiger charge is 2.32. The second-order valence-electron chi connectivity index (χ2n) is 5.02. The van der Waals surface area contributed by atoms with Gasteiger partial charge in [0.15, 0.2) is 0 Å². The van der Waals surface area contributed by atoms with Crippen LogP contribution in [-0.4, -0.2) is 26.0 Å². The van der Waals surface area contributed by atoms with Crippen molar-refractivity contribution < 1.29 is 8.42 Å². The van der Waals surface area contributed by atoms with Crippen LogP contribution in [0.5, 0.6) is 0 Å². The smallest absolute Gasteiger partial charge is 0.238 e. The van der Waals surface area contributed by atoms with Gasteiger partial charge in [-0.3, -0.25) is 0 Å². The summed E-state index contributed by atoms with van der Waals surface area (Å²) in [6, 6.07) is 6.61. The van der Waals surface area contributed by atoms with Crippen molar-refractivity contribution >= 4 is 27.5 Å². The molecular formula is C13H20N2O2S2. The second kappa shape index (κ2) is 5.73. The van der Waals surface area contributed by atoms with Crippen molar-refractivity contribution in [3.8, 4) is 0 Å². The lowest BCUT2D eigenvalue weighted by atomic mass is 10.1. The number of primary sulfonamides is 1. The van der Waals surface area contributed by atoms with Crippen molar-refractivity contribution in [2.75, 3.05) is 18.1 Å². The van der Waals surface area contributed by atoms with Gasteiger partial charge >= 0.3 is 0 Å². The maximum absolute atomic E-state index is 11.2. The van der Waals surface area contributed by atoms with E-state index in [1.54, 1.807) is 12.1 Å². The Morgan fingerprint density at radius 2 is 1.84 bits per heavy atom. The molecule has 4 nitrogen and oxygen atoms in total. The highest BCUT2D eigenvalue weighted by Crippen LogP contribution is 2.40. The number of benzene rings is 1. The summed E-state index contributed by atoms with van der Waals surface area (Å²) < 4.78 is 22.7. The van der Waals surface area contributed by atoms with E-state index in [1.807, 2.05) is 11.8 Å². The van der Waals surface area contributed by atoms with Gasteiger partial charge in [-0.05, 0) is 43.4 Å². The van der Waals surface area contributed by atoms with Crippen molar-refractivity contribution in [3.05, 3.63) is 24.3 Å². The monoisotopic (exact) mass is 300 g/mol. The largest absolute Gasteiger partial charge is 0.384 e. The zero-order valence-electron chi connectivity index (χ0n) is 11.1. The highest BCUT2D eigenvalue weighted by molar-refractivity contribution is 8.00. The van der Waals surface area contributed by atoms with Crippen molar-refractivity contribution in [2.24, 2.45) is 5.14 Å². The summed E-state index contributed by atoms with van der Waals surface area (Å²) in [4.78, 5) is 0.151. The molecule has 6 heteroatoms. The van der Waals surface area contributed by atoms with Gasteiger partial charge in [-0.25, -0.2) is 13.6 Å². The van der Waals surface area contributed by atoms with Gasteiger partial charge in [0.1, 0.15) is 0 Å². The summed E-state index contributed by atoms with van der Waals surface area (Å²) in [5, 5.41) is 8.47. The van der Waals surface area contributed by atoms with Crippen molar-refractivity contribution in [1.29, 1.82) is 0 Å². The number of nitrogens with one attached hydrogen (secondary N) is 1. The summed E-state index contributed by atoms with van der Waals surface area (Å²) in [5.74, 6) is 0. The molecule has 1 aliphatic rings. The van der Waals surface area contributed by atoms with Crippen LogP contribution in [0.25, 0.3) is 0 Å². The lowest BCUT2D eigenvalue weighted by Gasteiger charge is -2.27. The fourth-order valence-corrected chi connectivity index (χ4v) is 3.93. The van der Waals surface area contributed by atoms with Crippen LogP contribution in [0.15, 0.2) is 29.2 Å². The van der Waals surface area contributed by atoms with Gasteiger partial charge in [0.2, 0.25) is 10.0 Å². The maximum Gasteiger partial charge on any atom is 0.238 e. The minimum Gasteiger partial charge on any atom is -0.384 e. The summed E-state index contributed by atoms with van der Waals surface area (Å²) in [7, 11) is -3.60. The Morgan fingerprint density at radius 3 is 2.32 bits per heavy atom. The molecule has 1 aliphatic carbocycles. The van der Waals surface area contributed by atoms with Crippen molar-refractivity contribution in [1.82, 2.24) is 0 Å². The lowest BCUT2D eigenvalue weighted by Crippen LogP contribution is -2.29. The van der Waals surface area contributed by atoms with E-state index in [9.17, 15) is 8.42 Å². The molecule has 0 spiro atoms. The molecule has 0 saturated heterocycles. The van der Waals surface area contributed by atoms with Gasteiger partial charge in [0.05, 0.1) is 4.90 Å². The summed E-state index contributed by atoms with van der Waals surface area (Å²) in [6.45, 7) is 0.920. The van der Waals surface area contributed by atoms with E-state index in [-0.39, 0.29) is 4.90 Å². The van der Waals surface area contributed by atoms with Gasteiger partial charge in [-0.1, -0.05) is 12.8 Å². The summed E-state index contributed by atoms with van der Waals surface area (Å²) >= 11 is 1.93. The number of sulfonamides is 1. The van der Waals surface area contributed by atoms with Gasteiger partial charge in [0.25, 0.3) is 0 Å². The van der Waals surface area contributed by atoms with E-state index >= 15 is 0 Å². The Kier molecular flexibility index (Phi) is 4.43. The third-order valence-electron chi connectivity index (χ3n) is 3.75. The molecule has 0 atom stereocenters. The first-order chi connectivity index (χ1) is 8.95. The van der Waals surface area contributed by atoms with Crippen LogP contribution >= 0.6 is 11.8 Å². The molecule has 19 heavy (non-hydrogen) atoms. The fourth-order valence-electron chi connectivity index (χ4n) is 2.50. The molecule has 0 aromatic heterocycles. The second-order valence-corrected chi connectivity index (χ2v) is 7.85. The lowest BCUT2D eigenvalue weighted by molar-refractivity contribution is 0.598. The third kappa shape index (κ3) is 3.64. The van der Waals surface area contributed by atoms with E-state index < -0.39 is 10.0 Å². The molecule has 3 N–H and O–H groups in total. The van der Waals surface area contributed by atoms with Gasteiger partial charge < -0.3 is 5.32 Å².